The quantitative estimate of drug-likeness (QED) is 0.752. The summed E-state index contributed by atoms with van der Waals surface area (Å²) >= 11 is 0. The number of carboxylic acids is 2. The molecule has 1 saturated heterocycles. The van der Waals surface area contributed by atoms with Gasteiger partial charge in [0.25, 0.3) is 0 Å². The van der Waals surface area contributed by atoms with Crippen molar-refractivity contribution in [1.82, 2.24) is 4.90 Å². The molecular weight excluding hydrogens is 347 g/mol. The molecule has 0 spiro atoms. The normalized spacial score (nSPS) is 14.7. The van der Waals surface area contributed by atoms with Crippen LogP contribution in [0.4, 0.5) is 13.2 Å². The van der Waals surface area contributed by atoms with Crippen LogP contribution in [-0.4, -0.2) is 64.6 Å². The van der Waals surface area contributed by atoms with Crippen LogP contribution in [0, 0.1) is 0 Å². The fraction of sp³-hybridized carbons (Fsp3) is 0.467. The third-order valence-electron chi connectivity index (χ3n) is 3.04. The molecular formula is C15H20F3NO6. The van der Waals surface area contributed by atoms with Crippen molar-refractivity contribution < 1.29 is 42.8 Å². The Bertz CT molecular complexity index is 585. The number of rotatable bonds is 3. The van der Waals surface area contributed by atoms with Crippen LogP contribution < -0.4 is 0 Å². The number of benzene rings is 1. The van der Waals surface area contributed by atoms with E-state index in [0.717, 1.165) is 31.9 Å². The molecule has 1 fully saturated rings. The number of morpholine rings is 1. The highest BCUT2D eigenvalue weighted by Gasteiger charge is 2.38. The van der Waals surface area contributed by atoms with Gasteiger partial charge in [0.05, 0.1) is 13.2 Å². The predicted octanol–water partition coefficient (Wildman–Crippen LogP) is 2.19. The lowest BCUT2D eigenvalue weighted by Crippen LogP contribution is -2.35. The monoisotopic (exact) mass is 367 g/mol. The number of aromatic carboxylic acids is 1. The molecule has 0 saturated carbocycles. The molecule has 7 nitrogen and oxygen atoms in total. The van der Waals surface area contributed by atoms with Crippen LogP contribution in [0.5, 0.6) is 5.75 Å². The number of aliphatic carboxylic acids is 1. The zero-order chi connectivity index (χ0) is 18.3. The molecule has 142 valence electrons. The Balaban J connectivity index is 0.000000620. The molecule has 1 aliphatic rings. The van der Waals surface area contributed by atoms with E-state index in [0.29, 0.717) is 6.54 Å². The lowest BCUT2D eigenvalue weighted by atomic mass is 10.1. The SMILES string of the molecule is C.O=C(O)C(F)(F)F.O=C(O)c1ccc(CN2CCOCC2)cc1O. The molecule has 0 aliphatic carbocycles. The number of phenols is 1. The fourth-order valence-corrected chi connectivity index (χ4v) is 1.87. The van der Waals surface area contributed by atoms with Crippen LogP contribution in [0.1, 0.15) is 23.3 Å². The molecule has 0 aromatic heterocycles. The third-order valence-corrected chi connectivity index (χ3v) is 3.04. The summed E-state index contributed by atoms with van der Waals surface area (Å²) in [6.07, 6.45) is -5.08. The minimum atomic E-state index is -5.08. The number of hydrogen-bond donors (Lipinski definition) is 3. The van der Waals surface area contributed by atoms with E-state index in [1.165, 1.54) is 12.1 Å². The van der Waals surface area contributed by atoms with Gasteiger partial charge in [-0.2, -0.15) is 13.2 Å². The molecule has 0 amide bonds. The van der Waals surface area contributed by atoms with Gasteiger partial charge in [0, 0.05) is 19.6 Å². The van der Waals surface area contributed by atoms with E-state index in [4.69, 9.17) is 19.7 Å². The predicted molar refractivity (Wildman–Crippen MR) is 81.6 cm³/mol. The molecule has 1 heterocycles. The molecule has 2 rings (SSSR count). The topological polar surface area (TPSA) is 107 Å². The van der Waals surface area contributed by atoms with Crippen LogP contribution >= 0.6 is 0 Å². The standard InChI is InChI=1S/C12H15NO4.C2HF3O2.CH4/c14-11-7-9(1-2-10(11)12(15)16)8-13-3-5-17-6-4-13;3-2(4,5)1(6)7;/h1-2,7,14H,3-6,8H2,(H,15,16);(H,6,7);1H4. The Hall–Kier alpha value is -2.33. The molecule has 0 radical (unpaired) electrons. The Labute approximate surface area is 142 Å². The van der Waals surface area contributed by atoms with Crippen molar-refractivity contribution in [3.8, 4) is 5.75 Å². The second-order valence-electron chi connectivity index (χ2n) is 4.85. The van der Waals surface area contributed by atoms with Crippen molar-refractivity contribution in [1.29, 1.82) is 0 Å². The summed E-state index contributed by atoms with van der Waals surface area (Å²) in [4.78, 5) is 21.8. The van der Waals surface area contributed by atoms with Crippen molar-refractivity contribution in [2.24, 2.45) is 0 Å². The van der Waals surface area contributed by atoms with E-state index in [9.17, 15) is 23.1 Å². The maximum Gasteiger partial charge on any atom is 0.490 e. The van der Waals surface area contributed by atoms with Crippen molar-refractivity contribution in [2.75, 3.05) is 26.3 Å². The first-order valence-corrected chi connectivity index (χ1v) is 6.76. The van der Waals surface area contributed by atoms with Crippen molar-refractivity contribution in [3.63, 3.8) is 0 Å². The Morgan fingerprint density at radius 3 is 2.08 bits per heavy atom. The second-order valence-corrected chi connectivity index (χ2v) is 4.85. The molecule has 10 heteroatoms. The van der Waals surface area contributed by atoms with Crippen LogP contribution in [0.15, 0.2) is 18.2 Å². The van der Waals surface area contributed by atoms with E-state index < -0.39 is 18.1 Å². The average molecular weight is 367 g/mol. The number of nitrogens with zero attached hydrogens (tertiary/aromatic N) is 1. The minimum Gasteiger partial charge on any atom is -0.507 e. The van der Waals surface area contributed by atoms with Gasteiger partial charge in [-0.3, -0.25) is 4.90 Å². The van der Waals surface area contributed by atoms with E-state index in [2.05, 4.69) is 4.90 Å². The number of carboxylic acid groups (broad SMARTS) is 2. The highest BCUT2D eigenvalue weighted by molar-refractivity contribution is 5.90. The maximum atomic E-state index is 10.7. The number of alkyl halides is 3. The Morgan fingerprint density at radius 1 is 1.16 bits per heavy atom. The van der Waals surface area contributed by atoms with E-state index in [1.54, 1.807) is 6.07 Å². The van der Waals surface area contributed by atoms with E-state index in [1.807, 2.05) is 0 Å². The van der Waals surface area contributed by atoms with Crippen molar-refractivity contribution >= 4 is 11.9 Å². The van der Waals surface area contributed by atoms with Crippen LogP contribution in [0.25, 0.3) is 0 Å². The molecule has 25 heavy (non-hydrogen) atoms. The number of carbonyl (C=O) groups is 2. The van der Waals surface area contributed by atoms with Gasteiger partial charge < -0.3 is 20.1 Å². The molecule has 0 unspecified atom stereocenters. The second kappa shape index (κ2) is 9.84. The summed E-state index contributed by atoms with van der Waals surface area (Å²) in [7, 11) is 0. The Morgan fingerprint density at radius 2 is 1.68 bits per heavy atom. The third kappa shape index (κ3) is 7.86. The molecule has 1 aliphatic heterocycles. The number of halogens is 3. The van der Waals surface area contributed by atoms with Gasteiger partial charge in [0.1, 0.15) is 11.3 Å². The van der Waals surface area contributed by atoms with Crippen molar-refractivity contribution in [2.45, 2.75) is 20.1 Å². The fourth-order valence-electron chi connectivity index (χ4n) is 1.87. The summed E-state index contributed by atoms with van der Waals surface area (Å²) in [5.74, 6) is -4.05. The highest BCUT2D eigenvalue weighted by Crippen LogP contribution is 2.20. The first-order chi connectivity index (χ1) is 11.1. The van der Waals surface area contributed by atoms with Crippen molar-refractivity contribution in [3.05, 3.63) is 29.3 Å². The van der Waals surface area contributed by atoms with Gasteiger partial charge in [-0.25, -0.2) is 9.59 Å². The summed E-state index contributed by atoms with van der Waals surface area (Å²) in [6, 6.07) is 4.69. The lowest BCUT2D eigenvalue weighted by Gasteiger charge is -2.26. The number of aromatic hydroxyl groups is 1. The number of ether oxygens (including phenoxy) is 1. The largest absolute Gasteiger partial charge is 0.507 e. The summed E-state index contributed by atoms with van der Waals surface area (Å²) in [5, 5.41) is 25.5. The summed E-state index contributed by atoms with van der Waals surface area (Å²) < 4.78 is 37.0. The van der Waals surface area contributed by atoms with E-state index in [-0.39, 0.29) is 18.7 Å². The maximum absolute atomic E-state index is 10.7. The van der Waals surface area contributed by atoms with Gasteiger partial charge in [0.15, 0.2) is 0 Å². The van der Waals surface area contributed by atoms with Crippen LogP contribution in [-0.2, 0) is 16.1 Å². The van der Waals surface area contributed by atoms with Gasteiger partial charge >= 0.3 is 18.1 Å². The molecule has 0 atom stereocenters. The summed E-state index contributed by atoms with van der Waals surface area (Å²) in [5.41, 5.74) is 0.852. The van der Waals surface area contributed by atoms with Crippen LogP contribution in [0.2, 0.25) is 0 Å². The zero-order valence-electron chi connectivity index (χ0n) is 12.4. The first kappa shape index (κ1) is 22.7. The minimum absolute atomic E-state index is 0. The molecule has 0 bridgehead atoms. The molecule has 3 N–H and O–H groups in total. The lowest BCUT2D eigenvalue weighted by molar-refractivity contribution is -0.192. The van der Waals surface area contributed by atoms with Gasteiger partial charge in [0.2, 0.25) is 0 Å². The van der Waals surface area contributed by atoms with Gasteiger partial charge in [-0.15, -0.1) is 0 Å². The summed E-state index contributed by atoms with van der Waals surface area (Å²) in [6.45, 7) is 3.87. The highest BCUT2D eigenvalue weighted by atomic mass is 19.4. The zero-order valence-corrected chi connectivity index (χ0v) is 12.4. The number of hydrogen-bond acceptors (Lipinski definition) is 5. The molecule has 1 aromatic rings. The van der Waals surface area contributed by atoms with Crippen LogP contribution in [0.3, 0.4) is 0 Å². The van der Waals surface area contributed by atoms with E-state index >= 15 is 0 Å². The first-order valence-electron chi connectivity index (χ1n) is 6.76. The Kier molecular flexibility index (Phi) is 8.93. The molecule has 1 aromatic carbocycles. The van der Waals surface area contributed by atoms with Gasteiger partial charge in [-0.1, -0.05) is 13.5 Å². The average Bonchev–Trinajstić information content (AvgIpc) is 2.47. The smallest absolute Gasteiger partial charge is 0.490 e. The van der Waals surface area contributed by atoms with Gasteiger partial charge in [-0.05, 0) is 17.7 Å².